The van der Waals surface area contributed by atoms with Crippen LogP contribution in [0.3, 0.4) is 0 Å². The number of allylic oxidation sites excluding steroid dienone is 1. The number of nitriles is 1. The molecule has 2 heterocycles. The molecule has 0 aliphatic rings. The molecule has 0 atom stereocenters. The minimum atomic E-state index is -4.22. The number of pyridine rings is 1. The topological polar surface area (TPSA) is 102 Å². The van der Waals surface area contributed by atoms with Gasteiger partial charge in [-0.1, -0.05) is 45.7 Å². The van der Waals surface area contributed by atoms with Gasteiger partial charge in [-0.15, -0.1) is 0 Å². The minimum Gasteiger partial charge on any atom is -0.437 e. The number of aromatic nitrogens is 2. The molecule has 10 heteroatoms. The molecule has 0 saturated heterocycles. The van der Waals surface area contributed by atoms with Gasteiger partial charge in [0.2, 0.25) is 15.7 Å². The molecule has 2 aromatic heterocycles. The first-order valence-corrected chi connectivity index (χ1v) is 12.4. The van der Waals surface area contributed by atoms with Crippen molar-refractivity contribution in [3.8, 4) is 17.7 Å². The maximum atomic E-state index is 13.4. The number of ether oxygens (including phenoxy) is 1. The number of nitrogens with zero attached hydrogens (tertiary/aromatic N) is 3. The first-order chi connectivity index (χ1) is 16.2. The molecule has 4 rings (SSSR count). The number of rotatable bonds is 5. The number of benzene rings is 2. The maximum Gasteiger partial charge on any atom is 0.269 e. The fourth-order valence-electron chi connectivity index (χ4n) is 3.17. The van der Waals surface area contributed by atoms with Crippen LogP contribution in [-0.2, 0) is 9.84 Å². The molecule has 4 aromatic rings. The van der Waals surface area contributed by atoms with Crippen LogP contribution >= 0.6 is 27.5 Å². The summed E-state index contributed by atoms with van der Waals surface area (Å²) >= 11 is 9.46. The van der Waals surface area contributed by atoms with Gasteiger partial charge in [0.25, 0.3) is 5.56 Å². The van der Waals surface area contributed by atoms with Gasteiger partial charge < -0.3 is 4.74 Å². The van der Waals surface area contributed by atoms with E-state index in [1.807, 2.05) is 0 Å². The second kappa shape index (κ2) is 9.43. The Balaban J connectivity index is 1.98. The average Bonchev–Trinajstić information content (AvgIpc) is 2.81. The van der Waals surface area contributed by atoms with Crippen LogP contribution in [0.15, 0.2) is 85.9 Å². The number of sulfone groups is 1. The average molecular weight is 557 g/mol. The number of fused-ring (bicyclic) bond motifs is 1. The molecule has 0 radical (unpaired) electrons. The number of hydrogen-bond acceptors (Lipinski definition) is 6. The Bertz CT molecular complexity index is 1660. The summed E-state index contributed by atoms with van der Waals surface area (Å²) in [6.45, 7) is 1.77. The van der Waals surface area contributed by atoms with E-state index in [1.165, 1.54) is 22.7 Å². The quantitative estimate of drug-likeness (QED) is 0.299. The Hall–Kier alpha value is -3.45. The van der Waals surface area contributed by atoms with Crippen molar-refractivity contribution in [2.45, 2.75) is 11.8 Å². The molecule has 7 nitrogen and oxygen atoms in total. The predicted octanol–water partition coefficient (Wildman–Crippen LogP) is 5.55. The highest BCUT2D eigenvalue weighted by atomic mass is 79.9. The van der Waals surface area contributed by atoms with Crippen LogP contribution in [0.4, 0.5) is 0 Å². The van der Waals surface area contributed by atoms with Crippen LogP contribution in [0.5, 0.6) is 11.6 Å². The summed E-state index contributed by atoms with van der Waals surface area (Å²) in [4.78, 5) is 17.1. The van der Waals surface area contributed by atoms with Crippen LogP contribution in [0, 0.1) is 18.3 Å². The molecule has 0 amide bonds. The molecule has 2 aromatic carbocycles. The van der Waals surface area contributed by atoms with E-state index < -0.39 is 20.3 Å². The van der Waals surface area contributed by atoms with E-state index in [9.17, 15) is 18.5 Å². The van der Waals surface area contributed by atoms with Crippen molar-refractivity contribution in [1.82, 2.24) is 9.38 Å². The molecule has 34 heavy (non-hydrogen) atoms. The van der Waals surface area contributed by atoms with E-state index >= 15 is 0 Å². The largest absolute Gasteiger partial charge is 0.437 e. The van der Waals surface area contributed by atoms with Crippen LogP contribution in [0.1, 0.15) is 11.1 Å². The zero-order chi connectivity index (χ0) is 24.5. The lowest BCUT2D eigenvalue weighted by Crippen LogP contribution is -2.20. The Kier molecular flexibility index (Phi) is 6.57. The second-order valence-corrected chi connectivity index (χ2v) is 10.4. The van der Waals surface area contributed by atoms with Gasteiger partial charge in [0.1, 0.15) is 27.9 Å². The molecule has 0 bridgehead atoms. The van der Waals surface area contributed by atoms with Crippen molar-refractivity contribution in [2.24, 2.45) is 0 Å². The van der Waals surface area contributed by atoms with Crippen molar-refractivity contribution in [3.63, 3.8) is 0 Å². The van der Waals surface area contributed by atoms with Crippen molar-refractivity contribution < 1.29 is 13.2 Å². The van der Waals surface area contributed by atoms with Gasteiger partial charge in [-0.3, -0.25) is 9.20 Å². The molecule has 0 N–H and O–H groups in total. The van der Waals surface area contributed by atoms with E-state index in [4.69, 9.17) is 16.3 Å². The lowest BCUT2D eigenvalue weighted by Gasteiger charge is -2.12. The predicted molar refractivity (Wildman–Crippen MR) is 133 cm³/mol. The molecule has 0 spiro atoms. The van der Waals surface area contributed by atoms with Gasteiger partial charge in [0.15, 0.2) is 0 Å². The summed E-state index contributed by atoms with van der Waals surface area (Å²) in [7, 11) is -4.22. The van der Waals surface area contributed by atoms with E-state index in [1.54, 1.807) is 61.5 Å². The Labute approximate surface area is 208 Å². The number of aryl methyl sites for hydroxylation is 1. The minimum absolute atomic E-state index is 0.0956. The summed E-state index contributed by atoms with van der Waals surface area (Å²) < 4.78 is 34.1. The van der Waals surface area contributed by atoms with Crippen LogP contribution in [0.25, 0.3) is 11.7 Å². The number of para-hydroxylation sites is 1. The number of hydrogen-bond donors (Lipinski definition) is 0. The lowest BCUT2D eigenvalue weighted by molar-refractivity contribution is 0.461. The monoisotopic (exact) mass is 555 g/mol. The van der Waals surface area contributed by atoms with Crippen LogP contribution in [-0.4, -0.2) is 17.8 Å². The molecule has 0 fully saturated rings. The molecular weight excluding hydrogens is 542 g/mol. The summed E-state index contributed by atoms with van der Waals surface area (Å²) in [5, 5.41) is 9.98. The molecule has 0 unspecified atom stereocenters. The lowest BCUT2D eigenvalue weighted by atomic mass is 10.2. The first kappa shape index (κ1) is 23.7. The highest BCUT2D eigenvalue weighted by molar-refractivity contribution is 9.10. The third kappa shape index (κ3) is 4.48. The molecular formula is C24H15BrClN3O4S. The van der Waals surface area contributed by atoms with Gasteiger partial charge in [0, 0.05) is 10.7 Å². The summed E-state index contributed by atoms with van der Waals surface area (Å²) in [6.07, 6.45) is 2.48. The highest BCUT2D eigenvalue weighted by Crippen LogP contribution is 2.31. The number of halogens is 2. The molecule has 170 valence electrons. The van der Waals surface area contributed by atoms with Gasteiger partial charge in [-0.05, 0) is 61.0 Å². The van der Waals surface area contributed by atoms with Crippen molar-refractivity contribution in [1.29, 1.82) is 5.26 Å². The van der Waals surface area contributed by atoms with E-state index in [2.05, 4.69) is 20.9 Å². The smallest absolute Gasteiger partial charge is 0.269 e. The standard InChI is InChI=1S/C24H15BrClN3O4S/c1-15-5-4-12-29-22(15)28-23(33-21-7-3-2-6-20(21)26)19(24(29)30)13-18(14-27)34(31,32)17-10-8-16(25)9-11-17/h2-13H,1H3/b18-13+. The fourth-order valence-corrected chi connectivity index (χ4v) is 4.75. The molecule has 0 saturated carbocycles. The Morgan fingerprint density at radius 2 is 1.85 bits per heavy atom. The third-order valence-electron chi connectivity index (χ3n) is 4.89. The van der Waals surface area contributed by atoms with Gasteiger partial charge in [-0.25, -0.2) is 8.42 Å². The second-order valence-electron chi connectivity index (χ2n) is 7.13. The third-order valence-corrected chi connectivity index (χ3v) is 7.41. The zero-order valence-corrected chi connectivity index (χ0v) is 20.7. The van der Waals surface area contributed by atoms with Crippen LogP contribution < -0.4 is 10.3 Å². The van der Waals surface area contributed by atoms with Gasteiger partial charge in [-0.2, -0.15) is 10.2 Å². The Morgan fingerprint density at radius 3 is 2.53 bits per heavy atom. The first-order valence-electron chi connectivity index (χ1n) is 9.79. The van der Waals surface area contributed by atoms with E-state index in [0.29, 0.717) is 15.7 Å². The van der Waals surface area contributed by atoms with E-state index in [-0.39, 0.29) is 27.1 Å². The van der Waals surface area contributed by atoms with Gasteiger partial charge in [0.05, 0.1) is 9.92 Å². The molecule has 0 aliphatic heterocycles. The van der Waals surface area contributed by atoms with Gasteiger partial charge >= 0.3 is 0 Å². The highest BCUT2D eigenvalue weighted by Gasteiger charge is 2.24. The van der Waals surface area contributed by atoms with Crippen molar-refractivity contribution in [2.75, 3.05) is 0 Å². The van der Waals surface area contributed by atoms with Crippen LogP contribution in [0.2, 0.25) is 5.02 Å². The van der Waals surface area contributed by atoms with E-state index in [0.717, 1.165) is 6.08 Å². The SMILES string of the molecule is Cc1cccn2c(=O)c(/C=C(\C#N)S(=O)(=O)c3ccc(Br)cc3)c(Oc3ccccc3Cl)nc12. The fraction of sp³-hybridized carbons (Fsp3) is 0.0417. The van der Waals surface area contributed by atoms with Crippen molar-refractivity contribution >= 4 is 49.1 Å². The summed E-state index contributed by atoms with van der Waals surface area (Å²) in [5.41, 5.74) is 0.206. The molecule has 0 aliphatic carbocycles. The normalized spacial score (nSPS) is 11.9. The Morgan fingerprint density at radius 1 is 1.15 bits per heavy atom. The summed E-state index contributed by atoms with van der Waals surface area (Å²) in [5.74, 6) is 0.0454. The summed E-state index contributed by atoms with van der Waals surface area (Å²) in [6, 6.07) is 17.5. The maximum absolute atomic E-state index is 13.4. The zero-order valence-electron chi connectivity index (χ0n) is 17.6. The van der Waals surface area contributed by atoms with Crippen molar-refractivity contribution in [3.05, 3.63) is 103 Å².